The van der Waals surface area contributed by atoms with Gasteiger partial charge in [0.25, 0.3) is 0 Å². The van der Waals surface area contributed by atoms with Crippen molar-refractivity contribution in [3.63, 3.8) is 0 Å². The number of ether oxygens (including phenoxy) is 1. The molecule has 2 nitrogen and oxygen atoms in total. The van der Waals surface area contributed by atoms with Crippen molar-refractivity contribution < 1.29 is 4.74 Å². The van der Waals surface area contributed by atoms with Crippen molar-refractivity contribution in [3.8, 4) is 44.9 Å². The van der Waals surface area contributed by atoms with E-state index in [1.54, 1.807) is 0 Å². The third-order valence-electron chi connectivity index (χ3n) is 12.3. The molecule has 0 amide bonds. The van der Waals surface area contributed by atoms with Crippen molar-refractivity contribution in [1.29, 1.82) is 0 Å². The number of benzene rings is 9. The predicted molar refractivity (Wildman–Crippen MR) is 245 cm³/mol. The highest BCUT2D eigenvalue weighted by Gasteiger charge is 2.51. The molecule has 0 N–H and O–H groups in total. The van der Waals surface area contributed by atoms with Crippen LogP contribution in [0.25, 0.3) is 44.2 Å². The molecule has 1 spiro atoms. The minimum Gasteiger partial charge on any atom is -0.456 e. The second-order valence-corrected chi connectivity index (χ2v) is 18.8. The van der Waals surface area contributed by atoms with E-state index in [9.17, 15) is 0 Å². The first-order valence-electron chi connectivity index (χ1n) is 20.3. The predicted octanol–water partition coefficient (Wildman–Crippen LogP) is 13.8. The quantitative estimate of drug-likeness (QED) is 0.157. The number of hydrogen-bond donors (Lipinski definition) is 0. The van der Waals surface area contributed by atoms with Gasteiger partial charge in [-0.15, -0.1) is 0 Å². The van der Waals surface area contributed by atoms with Crippen molar-refractivity contribution in [1.82, 2.24) is 0 Å². The normalized spacial score (nSPS) is 14.7. The Kier molecular flexibility index (Phi) is 8.06. The topological polar surface area (TPSA) is 12.5 Å². The average molecular weight is 760 g/mol. The fourth-order valence-electron chi connectivity index (χ4n) is 9.50. The summed E-state index contributed by atoms with van der Waals surface area (Å²) in [6.07, 6.45) is 0. The number of anilines is 3. The molecule has 1 heterocycles. The van der Waals surface area contributed by atoms with E-state index in [0.717, 1.165) is 39.5 Å². The van der Waals surface area contributed by atoms with Crippen molar-refractivity contribution in [3.05, 3.63) is 229 Å². The van der Waals surface area contributed by atoms with Crippen LogP contribution in [0.3, 0.4) is 0 Å². The van der Waals surface area contributed by atoms with Crippen LogP contribution in [-0.4, -0.2) is 8.80 Å². The maximum atomic E-state index is 6.93. The summed E-state index contributed by atoms with van der Waals surface area (Å²) in [5.74, 6) is 1.82. The first kappa shape index (κ1) is 34.3. The Hall–Kier alpha value is -6.94. The Morgan fingerprint density at radius 1 is 0.414 bits per heavy atom. The van der Waals surface area contributed by atoms with Gasteiger partial charge in [-0.1, -0.05) is 182 Å². The Morgan fingerprint density at radius 2 is 0.966 bits per heavy atom. The highest BCUT2D eigenvalue weighted by molar-refractivity contribution is 6.70. The minimum absolute atomic E-state index is 0.589. The first-order valence-corrected chi connectivity index (χ1v) is 23.2. The van der Waals surface area contributed by atoms with E-state index < -0.39 is 14.2 Å². The lowest BCUT2D eigenvalue weighted by Gasteiger charge is -2.40. The number of nitrogens with zero attached hydrogens (tertiary/aromatic N) is 1. The standard InChI is InChI=1S/C55H41NOSi/c1-58(2)45-32-24-40(25-33-45)39-22-29-43(30-23-39)56(42-27-20-38(21-28-42)37-12-4-3-5-13-37)44-31-34-48-47-16-8-9-17-49(47)55(52(48)36-44)50-18-10-11-19-53(50)57-54-46-15-7-6-14-41(46)26-35-51(54)55/h3-36,58H,1-2H3. The number of rotatable bonds is 6. The summed E-state index contributed by atoms with van der Waals surface area (Å²) in [6, 6.07) is 75.7. The Bertz CT molecular complexity index is 2990. The van der Waals surface area contributed by atoms with Crippen molar-refractivity contribution in [2.24, 2.45) is 0 Å². The number of para-hydroxylation sites is 1. The highest BCUT2D eigenvalue weighted by Crippen LogP contribution is 2.63. The third-order valence-corrected chi connectivity index (χ3v) is 14.1. The molecule has 9 aromatic rings. The summed E-state index contributed by atoms with van der Waals surface area (Å²) in [6.45, 7) is 4.76. The van der Waals surface area contributed by atoms with Crippen LogP contribution in [0.2, 0.25) is 13.1 Å². The van der Waals surface area contributed by atoms with Crippen LogP contribution in [0.1, 0.15) is 22.3 Å². The molecule has 0 radical (unpaired) electrons. The second kappa shape index (κ2) is 13.6. The van der Waals surface area contributed by atoms with E-state index >= 15 is 0 Å². The van der Waals surface area contributed by atoms with Crippen LogP contribution >= 0.6 is 0 Å². The molecule has 1 unspecified atom stereocenters. The van der Waals surface area contributed by atoms with Gasteiger partial charge < -0.3 is 9.64 Å². The number of hydrogen-bond acceptors (Lipinski definition) is 2. The molecule has 3 heteroatoms. The van der Waals surface area contributed by atoms with Gasteiger partial charge in [0, 0.05) is 33.6 Å². The van der Waals surface area contributed by atoms with Crippen molar-refractivity contribution >= 4 is 41.8 Å². The summed E-state index contributed by atoms with van der Waals surface area (Å²) in [7, 11) is -0.860. The molecular formula is C55H41NOSi. The van der Waals surface area contributed by atoms with Gasteiger partial charge in [0.15, 0.2) is 0 Å². The van der Waals surface area contributed by atoms with E-state index in [4.69, 9.17) is 4.74 Å². The van der Waals surface area contributed by atoms with E-state index in [1.807, 2.05) is 0 Å². The van der Waals surface area contributed by atoms with E-state index in [2.05, 4.69) is 224 Å². The molecule has 1 aliphatic carbocycles. The molecule has 58 heavy (non-hydrogen) atoms. The molecule has 9 aromatic carbocycles. The molecule has 0 saturated carbocycles. The van der Waals surface area contributed by atoms with Crippen LogP contribution in [-0.2, 0) is 5.41 Å². The molecule has 2 aliphatic rings. The zero-order valence-electron chi connectivity index (χ0n) is 32.6. The summed E-state index contributed by atoms with van der Waals surface area (Å²) in [5, 5.41) is 3.78. The van der Waals surface area contributed by atoms with Crippen LogP contribution in [0.4, 0.5) is 17.1 Å². The van der Waals surface area contributed by atoms with Gasteiger partial charge in [-0.3, -0.25) is 0 Å². The van der Waals surface area contributed by atoms with E-state index in [-0.39, 0.29) is 0 Å². The largest absolute Gasteiger partial charge is 0.456 e. The minimum atomic E-state index is -0.860. The summed E-state index contributed by atoms with van der Waals surface area (Å²) < 4.78 is 6.93. The zero-order valence-corrected chi connectivity index (χ0v) is 33.7. The van der Waals surface area contributed by atoms with Gasteiger partial charge in [-0.25, -0.2) is 0 Å². The smallest absolute Gasteiger partial charge is 0.140 e. The van der Waals surface area contributed by atoms with Crippen molar-refractivity contribution in [2.75, 3.05) is 4.90 Å². The maximum absolute atomic E-state index is 6.93. The Balaban J connectivity index is 1.12. The fourth-order valence-corrected chi connectivity index (χ4v) is 10.5. The average Bonchev–Trinajstić information content (AvgIpc) is 3.57. The van der Waals surface area contributed by atoms with Crippen LogP contribution < -0.4 is 14.8 Å². The molecule has 0 saturated heterocycles. The first-order chi connectivity index (χ1) is 28.6. The van der Waals surface area contributed by atoms with Gasteiger partial charge in [0.2, 0.25) is 0 Å². The third kappa shape index (κ3) is 5.31. The number of fused-ring (bicyclic) bond motifs is 11. The van der Waals surface area contributed by atoms with Gasteiger partial charge >= 0.3 is 0 Å². The van der Waals surface area contributed by atoms with Gasteiger partial charge in [0.1, 0.15) is 11.5 Å². The second-order valence-electron chi connectivity index (χ2n) is 15.9. The van der Waals surface area contributed by atoms with Crippen LogP contribution in [0.15, 0.2) is 206 Å². The molecule has 0 fully saturated rings. The van der Waals surface area contributed by atoms with Crippen LogP contribution in [0.5, 0.6) is 11.5 Å². The fraction of sp³-hybridized carbons (Fsp3) is 0.0545. The lowest BCUT2D eigenvalue weighted by atomic mass is 9.65. The van der Waals surface area contributed by atoms with E-state index in [0.29, 0.717) is 0 Å². The molecule has 0 aromatic heterocycles. The zero-order chi connectivity index (χ0) is 38.8. The molecule has 1 atom stereocenters. The van der Waals surface area contributed by atoms with Gasteiger partial charge in [-0.05, 0) is 92.4 Å². The Morgan fingerprint density at radius 3 is 1.67 bits per heavy atom. The molecule has 11 rings (SSSR count). The SMILES string of the molecule is C[SiH](C)c1ccc(-c2ccc(N(c3ccc(-c4ccccc4)cc3)c3ccc4c(c3)C3(c5ccccc5Oc5c3ccc3ccccc53)c3ccccc3-4)cc2)cc1. The summed E-state index contributed by atoms with van der Waals surface area (Å²) in [5.41, 5.74) is 14.9. The lowest BCUT2D eigenvalue weighted by molar-refractivity contribution is 0.441. The summed E-state index contributed by atoms with van der Waals surface area (Å²) in [4.78, 5) is 2.41. The monoisotopic (exact) mass is 759 g/mol. The summed E-state index contributed by atoms with van der Waals surface area (Å²) >= 11 is 0. The Labute approximate surface area is 341 Å². The van der Waals surface area contributed by atoms with Gasteiger partial charge in [0.05, 0.1) is 14.2 Å². The maximum Gasteiger partial charge on any atom is 0.140 e. The molecule has 0 bridgehead atoms. The van der Waals surface area contributed by atoms with E-state index in [1.165, 1.54) is 60.6 Å². The molecule has 276 valence electrons. The molecular weight excluding hydrogens is 719 g/mol. The van der Waals surface area contributed by atoms with Crippen molar-refractivity contribution in [2.45, 2.75) is 18.5 Å². The van der Waals surface area contributed by atoms with Gasteiger partial charge in [-0.2, -0.15) is 0 Å². The van der Waals surface area contributed by atoms with Crippen LogP contribution in [0, 0.1) is 0 Å². The lowest BCUT2D eigenvalue weighted by Crippen LogP contribution is -2.32. The molecule has 1 aliphatic heterocycles. The highest BCUT2D eigenvalue weighted by atomic mass is 28.3.